The molecule has 1 aliphatic rings. The van der Waals surface area contributed by atoms with E-state index in [1.165, 1.54) is 5.56 Å². The van der Waals surface area contributed by atoms with Crippen LogP contribution >= 0.6 is 0 Å². The number of benzene rings is 2. The average molecular weight is 338 g/mol. The van der Waals surface area contributed by atoms with Crippen molar-refractivity contribution >= 4 is 11.6 Å². The van der Waals surface area contributed by atoms with Gasteiger partial charge in [-0.1, -0.05) is 30.3 Å². The highest BCUT2D eigenvalue weighted by atomic mass is 16.5. The van der Waals surface area contributed by atoms with Crippen molar-refractivity contribution in [1.82, 2.24) is 5.32 Å². The molecular formula is C21H26N2O2. The fourth-order valence-corrected chi connectivity index (χ4v) is 3.18. The summed E-state index contributed by atoms with van der Waals surface area (Å²) in [5, 5.41) is 3.15. The number of anilines is 1. The molecule has 0 radical (unpaired) electrons. The Morgan fingerprint density at radius 2 is 1.68 bits per heavy atom. The monoisotopic (exact) mass is 338 g/mol. The van der Waals surface area contributed by atoms with Crippen LogP contribution in [0.4, 0.5) is 5.69 Å². The van der Waals surface area contributed by atoms with E-state index in [4.69, 9.17) is 4.74 Å². The zero-order valence-electron chi connectivity index (χ0n) is 15.0. The van der Waals surface area contributed by atoms with Crippen molar-refractivity contribution in [2.75, 3.05) is 31.2 Å². The molecule has 3 rings (SSSR count). The van der Waals surface area contributed by atoms with Gasteiger partial charge in [0.15, 0.2) is 0 Å². The molecule has 2 aromatic carbocycles. The molecule has 1 N–H and O–H groups in total. The molecule has 0 spiro atoms. The lowest BCUT2D eigenvalue weighted by Crippen LogP contribution is -2.45. The Bertz CT molecular complexity index is 690. The minimum Gasteiger partial charge on any atom is -0.378 e. The van der Waals surface area contributed by atoms with Crippen molar-refractivity contribution in [3.8, 4) is 0 Å². The molecular weight excluding hydrogens is 312 g/mol. The van der Waals surface area contributed by atoms with E-state index in [1.54, 1.807) is 0 Å². The summed E-state index contributed by atoms with van der Waals surface area (Å²) in [6.45, 7) is 7.43. The molecule has 4 nitrogen and oxygen atoms in total. The Morgan fingerprint density at radius 3 is 2.32 bits per heavy atom. The van der Waals surface area contributed by atoms with Crippen LogP contribution in [0.1, 0.15) is 29.8 Å². The fourth-order valence-electron chi connectivity index (χ4n) is 3.18. The first-order chi connectivity index (χ1) is 12.0. The number of nitrogens with zero attached hydrogens (tertiary/aromatic N) is 1. The average Bonchev–Trinajstić information content (AvgIpc) is 2.62. The Labute approximate surface area is 149 Å². The van der Waals surface area contributed by atoms with E-state index in [0.717, 1.165) is 38.4 Å². The highest BCUT2D eigenvalue weighted by molar-refractivity contribution is 5.95. The van der Waals surface area contributed by atoms with Crippen molar-refractivity contribution in [2.45, 2.75) is 25.8 Å². The maximum absolute atomic E-state index is 12.6. The molecule has 1 heterocycles. The number of hydrogen-bond acceptors (Lipinski definition) is 3. The lowest BCUT2D eigenvalue weighted by molar-refractivity contribution is 0.0913. The summed E-state index contributed by atoms with van der Waals surface area (Å²) < 4.78 is 5.38. The molecule has 0 atom stereocenters. The second kappa shape index (κ2) is 7.70. The summed E-state index contributed by atoms with van der Waals surface area (Å²) in [7, 11) is 0. The van der Waals surface area contributed by atoms with Gasteiger partial charge in [0.2, 0.25) is 0 Å². The van der Waals surface area contributed by atoms with Crippen LogP contribution in [0.3, 0.4) is 0 Å². The molecule has 0 unspecified atom stereocenters. The van der Waals surface area contributed by atoms with Crippen LogP contribution in [0.5, 0.6) is 0 Å². The number of nitrogens with one attached hydrogen (secondary N) is 1. The third-order valence-corrected chi connectivity index (χ3v) is 4.45. The van der Waals surface area contributed by atoms with Crippen LogP contribution in [-0.4, -0.2) is 37.7 Å². The lowest BCUT2D eigenvalue weighted by atomic mass is 9.94. The van der Waals surface area contributed by atoms with Crippen LogP contribution in [0.15, 0.2) is 54.6 Å². The summed E-state index contributed by atoms with van der Waals surface area (Å²) in [6.07, 6.45) is 0.797. The van der Waals surface area contributed by atoms with Crippen molar-refractivity contribution in [3.05, 3.63) is 65.7 Å². The molecule has 1 fully saturated rings. The topological polar surface area (TPSA) is 41.6 Å². The molecule has 132 valence electrons. The maximum atomic E-state index is 12.6. The van der Waals surface area contributed by atoms with Gasteiger partial charge in [-0.25, -0.2) is 0 Å². The predicted molar refractivity (Wildman–Crippen MR) is 101 cm³/mol. The van der Waals surface area contributed by atoms with Gasteiger partial charge >= 0.3 is 0 Å². The number of morpholine rings is 1. The van der Waals surface area contributed by atoms with E-state index >= 15 is 0 Å². The third kappa shape index (κ3) is 4.83. The van der Waals surface area contributed by atoms with Gasteiger partial charge in [0, 0.05) is 29.9 Å². The van der Waals surface area contributed by atoms with Gasteiger partial charge in [-0.05, 0) is 50.1 Å². The van der Waals surface area contributed by atoms with Gasteiger partial charge in [0.25, 0.3) is 5.91 Å². The van der Waals surface area contributed by atoms with Crippen LogP contribution in [-0.2, 0) is 11.2 Å². The molecule has 0 saturated carbocycles. The lowest BCUT2D eigenvalue weighted by Gasteiger charge is -2.29. The van der Waals surface area contributed by atoms with Gasteiger partial charge in [-0.3, -0.25) is 4.79 Å². The molecule has 0 bridgehead atoms. The van der Waals surface area contributed by atoms with Crippen molar-refractivity contribution in [1.29, 1.82) is 0 Å². The van der Waals surface area contributed by atoms with E-state index in [1.807, 2.05) is 42.5 Å². The number of rotatable bonds is 5. The Hall–Kier alpha value is -2.33. The highest BCUT2D eigenvalue weighted by Gasteiger charge is 2.22. The number of amides is 1. The normalized spacial score (nSPS) is 15.0. The van der Waals surface area contributed by atoms with Gasteiger partial charge in [-0.15, -0.1) is 0 Å². The predicted octanol–water partition coefficient (Wildman–Crippen LogP) is 3.27. The van der Waals surface area contributed by atoms with Gasteiger partial charge < -0.3 is 15.0 Å². The summed E-state index contributed by atoms with van der Waals surface area (Å²) in [5.74, 6) is -0.0329. The highest BCUT2D eigenvalue weighted by Crippen LogP contribution is 2.18. The van der Waals surface area contributed by atoms with E-state index in [-0.39, 0.29) is 11.4 Å². The quantitative estimate of drug-likeness (QED) is 0.910. The van der Waals surface area contributed by atoms with Crippen LogP contribution in [0.25, 0.3) is 0 Å². The van der Waals surface area contributed by atoms with E-state index in [2.05, 4.69) is 36.2 Å². The van der Waals surface area contributed by atoms with Gasteiger partial charge in [-0.2, -0.15) is 0 Å². The van der Waals surface area contributed by atoms with Gasteiger partial charge in [0.1, 0.15) is 0 Å². The standard InChI is InChI=1S/C21H26N2O2/c1-21(2,16-17-6-4-3-5-7-17)22-20(24)18-8-10-19(11-9-18)23-12-14-25-15-13-23/h3-11H,12-16H2,1-2H3,(H,22,24). The second-order valence-corrected chi connectivity index (χ2v) is 7.15. The maximum Gasteiger partial charge on any atom is 0.251 e. The van der Waals surface area contributed by atoms with Crippen LogP contribution in [0, 0.1) is 0 Å². The number of carbonyl (C=O) groups is 1. The Balaban J connectivity index is 1.62. The molecule has 2 aromatic rings. The van der Waals surface area contributed by atoms with Crippen LogP contribution in [0.2, 0.25) is 0 Å². The molecule has 0 aliphatic carbocycles. The number of ether oxygens (including phenoxy) is 1. The Kier molecular flexibility index (Phi) is 5.39. The van der Waals surface area contributed by atoms with Crippen molar-refractivity contribution in [2.24, 2.45) is 0 Å². The summed E-state index contributed by atoms with van der Waals surface area (Å²) in [4.78, 5) is 14.9. The Morgan fingerprint density at radius 1 is 1.04 bits per heavy atom. The van der Waals surface area contributed by atoms with Crippen molar-refractivity contribution in [3.63, 3.8) is 0 Å². The number of carbonyl (C=O) groups excluding carboxylic acids is 1. The first-order valence-electron chi connectivity index (χ1n) is 8.83. The number of hydrogen-bond donors (Lipinski definition) is 1. The van der Waals surface area contributed by atoms with Gasteiger partial charge in [0.05, 0.1) is 13.2 Å². The van der Waals surface area contributed by atoms with Crippen LogP contribution < -0.4 is 10.2 Å². The SMILES string of the molecule is CC(C)(Cc1ccccc1)NC(=O)c1ccc(N2CCOCC2)cc1. The minimum atomic E-state index is -0.304. The molecule has 4 heteroatoms. The molecule has 1 aliphatic heterocycles. The molecule has 1 saturated heterocycles. The fraction of sp³-hybridized carbons (Fsp3) is 0.381. The smallest absolute Gasteiger partial charge is 0.251 e. The van der Waals surface area contributed by atoms with E-state index in [9.17, 15) is 4.79 Å². The first-order valence-corrected chi connectivity index (χ1v) is 8.83. The minimum absolute atomic E-state index is 0.0329. The summed E-state index contributed by atoms with van der Waals surface area (Å²) >= 11 is 0. The van der Waals surface area contributed by atoms with E-state index in [0.29, 0.717) is 5.56 Å². The third-order valence-electron chi connectivity index (χ3n) is 4.45. The molecule has 0 aromatic heterocycles. The summed E-state index contributed by atoms with van der Waals surface area (Å²) in [6, 6.07) is 18.1. The largest absolute Gasteiger partial charge is 0.378 e. The molecule has 1 amide bonds. The zero-order valence-corrected chi connectivity index (χ0v) is 15.0. The van der Waals surface area contributed by atoms with E-state index < -0.39 is 0 Å². The molecule has 25 heavy (non-hydrogen) atoms. The summed E-state index contributed by atoms with van der Waals surface area (Å²) in [5.41, 5.74) is 2.75. The van der Waals surface area contributed by atoms with Crippen molar-refractivity contribution < 1.29 is 9.53 Å². The zero-order chi connectivity index (χ0) is 17.7. The first kappa shape index (κ1) is 17.5. The second-order valence-electron chi connectivity index (χ2n) is 7.15.